The number of ether oxygens (including phenoxy) is 6. The lowest BCUT2D eigenvalue weighted by molar-refractivity contribution is -0.147. The quantitative estimate of drug-likeness (QED) is 0.176. The van der Waals surface area contributed by atoms with E-state index < -0.39 is 6.09 Å². The maximum atomic E-state index is 12.5. The number of hydrogen-bond donors (Lipinski definition) is 1. The monoisotopic (exact) mass is 585 g/mol. The third-order valence-electron chi connectivity index (χ3n) is 7.07. The third-order valence-corrected chi connectivity index (χ3v) is 7.07. The van der Waals surface area contributed by atoms with Crippen molar-refractivity contribution in [3.05, 3.63) is 60.7 Å². The molecule has 0 aliphatic heterocycles. The lowest BCUT2D eigenvalue weighted by Gasteiger charge is -2.46. The average Bonchev–Trinajstić information content (AvgIpc) is 2.95. The molecule has 232 valence electrons. The first-order valence-corrected chi connectivity index (χ1v) is 14.8. The van der Waals surface area contributed by atoms with Gasteiger partial charge in [-0.25, -0.2) is 4.79 Å². The standard InChI is InChI=1S/C33H47NO8/c1-32(2)23-27(22-30(35)41-20-16-37-14-18-39-28-10-6-4-7-11-28)24-33(3,25-32)26-34-31(36)42-21-17-38-15-19-40-29-12-8-5-9-13-29/h4-13,27H,14-26H2,1-3H3,(H,34,36). The molecule has 9 heteroatoms. The van der Waals surface area contributed by atoms with Crippen LogP contribution in [0, 0.1) is 16.7 Å². The number of esters is 1. The van der Waals surface area contributed by atoms with Crippen LogP contribution < -0.4 is 14.8 Å². The highest BCUT2D eigenvalue weighted by atomic mass is 16.6. The number of alkyl carbamates (subject to hydrolysis) is 1. The van der Waals surface area contributed by atoms with Crippen molar-refractivity contribution in [2.24, 2.45) is 16.7 Å². The van der Waals surface area contributed by atoms with Crippen LogP contribution in [0.3, 0.4) is 0 Å². The zero-order valence-corrected chi connectivity index (χ0v) is 25.3. The number of amides is 1. The number of rotatable bonds is 18. The molecule has 1 N–H and O–H groups in total. The Morgan fingerprint density at radius 2 is 1.24 bits per heavy atom. The van der Waals surface area contributed by atoms with Crippen LogP contribution >= 0.6 is 0 Å². The van der Waals surface area contributed by atoms with Crippen molar-refractivity contribution < 1.29 is 38.0 Å². The van der Waals surface area contributed by atoms with Gasteiger partial charge in [0, 0.05) is 13.0 Å². The van der Waals surface area contributed by atoms with Gasteiger partial charge in [0.15, 0.2) is 0 Å². The third kappa shape index (κ3) is 13.6. The Bertz CT molecular complexity index is 1050. The molecule has 2 aromatic rings. The molecule has 2 atom stereocenters. The fraction of sp³-hybridized carbons (Fsp3) is 0.576. The molecule has 0 aromatic heterocycles. The first kappa shape index (κ1) is 33.2. The van der Waals surface area contributed by atoms with Gasteiger partial charge in [-0.15, -0.1) is 0 Å². The lowest BCUT2D eigenvalue weighted by Crippen LogP contribution is -2.44. The lowest BCUT2D eigenvalue weighted by atomic mass is 9.60. The minimum absolute atomic E-state index is 0.0427. The smallest absolute Gasteiger partial charge is 0.407 e. The largest absolute Gasteiger partial charge is 0.491 e. The van der Waals surface area contributed by atoms with Crippen LogP contribution in [0.25, 0.3) is 0 Å². The Labute approximate surface area is 250 Å². The van der Waals surface area contributed by atoms with Gasteiger partial charge >= 0.3 is 12.1 Å². The van der Waals surface area contributed by atoms with E-state index in [1.165, 1.54) is 0 Å². The van der Waals surface area contributed by atoms with Crippen LogP contribution in [0.5, 0.6) is 11.5 Å². The van der Waals surface area contributed by atoms with Crippen molar-refractivity contribution in [3.8, 4) is 11.5 Å². The first-order chi connectivity index (χ1) is 20.2. The fourth-order valence-electron chi connectivity index (χ4n) is 5.84. The highest BCUT2D eigenvalue weighted by Gasteiger charge is 2.42. The van der Waals surface area contributed by atoms with Crippen molar-refractivity contribution >= 4 is 12.1 Å². The Morgan fingerprint density at radius 3 is 1.81 bits per heavy atom. The summed E-state index contributed by atoms with van der Waals surface area (Å²) in [5, 5.41) is 2.91. The molecular weight excluding hydrogens is 538 g/mol. The topological polar surface area (TPSA) is 102 Å². The molecule has 1 fully saturated rings. The molecule has 1 saturated carbocycles. The molecule has 0 heterocycles. The van der Waals surface area contributed by atoms with Crippen LogP contribution in [-0.4, -0.2) is 71.5 Å². The SMILES string of the molecule is CC1(C)CC(CC(=O)OCCOCCOc2ccccc2)CC(C)(CNC(=O)OCCOCCOc2ccccc2)C1. The van der Waals surface area contributed by atoms with Gasteiger partial charge in [-0.1, -0.05) is 57.2 Å². The Morgan fingerprint density at radius 1 is 0.714 bits per heavy atom. The van der Waals surface area contributed by atoms with E-state index in [1.54, 1.807) is 0 Å². The molecular formula is C33H47NO8. The van der Waals surface area contributed by atoms with Gasteiger partial charge in [0.1, 0.15) is 37.9 Å². The van der Waals surface area contributed by atoms with E-state index in [4.69, 9.17) is 28.4 Å². The number of carbonyl (C=O) groups is 2. The summed E-state index contributed by atoms with van der Waals surface area (Å²) >= 11 is 0. The maximum Gasteiger partial charge on any atom is 0.407 e. The summed E-state index contributed by atoms with van der Waals surface area (Å²) in [7, 11) is 0. The van der Waals surface area contributed by atoms with E-state index in [9.17, 15) is 9.59 Å². The van der Waals surface area contributed by atoms with Gasteiger partial charge in [-0.05, 0) is 60.3 Å². The van der Waals surface area contributed by atoms with Crippen LogP contribution in [0.2, 0.25) is 0 Å². The molecule has 0 bridgehead atoms. The number of benzene rings is 2. The van der Waals surface area contributed by atoms with Crippen LogP contribution in [0.4, 0.5) is 4.79 Å². The summed E-state index contributed by atoms with van der Waals surface area (Å²) < 4.78 is 32.9. The van der Waals surface area contributed by atoms with E-state index >= 15 is 0 Å². The molecule has 0 spiro atoms. The molecule has 0 saturated heterocycles. The van der Waals surface area contributed by atoms with Gasteiger partial charge in [0.25, 0.3) is 0 Å². The van der Waals surface area contributed by atoms with Crippen LogP contribution in [0.1, 0.15) is 46.5 Å². The Hall–Kier alpha value is -3.30. The summed E-state index contributed by atoms with van der Waals surface area (Å²) in [5.41, 5.74) is -0.111. The molecule has 2 aromatic carbocycles. The summed E-state index contributed by atoms with van der Waals surface area (Å²) in [6, 6.07) is 19.1. The van der Waals surface area contributed by atoms with Gasteiger partial charge in [-0.2, -0.15) is 0 Å². The van der Waals surface area contributed by atoms with Crippen molar-refractivity contribution in [1.29, 1.82) is 0 Å². The first-order valence-electron chi connectivity index (χ1n) is 14.8. The summed E-state index contributed by atoms with van der Waals surface area (Å²) in [4.78, 5) is 24.8. The number of para-hydroxylation sites is 2. The van der Waals surface area contributed by atoms with Gasteiger partial charge < -0.3 is 33.7 Å². The Kier molecular flexibility index (Phi) is 13.9. The highest BCUT2D eigenvalue weighted by Crippen LogP contribution is 2.49. The van der Waals surface area contributed by atoms with Gasteiger partial charge in [0.2, 0.25) is 0 Å². The molecule has 0 radical (unpaired) electrons. The Balaban J connectivity index is 1.25. The van der Waals surface area contributed by atoms with E-state index in [0.29, 0.717) is 52.6 Å². The molecule has 1 amide bonds. The van der Waals surface area contributed by atoms with E-state index in [2.05, 4.69) is 26.1 Å². The van der Waals surface area contributed by atoms with E-state index in [-0.39, 0.29) is 35.9 Å². The summed E-state index contributed by atoms with van der Waals surface area (Å²) in [6.45, 7) is 9.78. The summed E-state index contributed by atoms with van der Waals surface area (Å²) in [5.74, 6) is 1.55. The predicted octanol–water partition coefficient (Wildman–Crippen LogP) is 5.67. The van der Waals surface area contributed by atoms with Crippen molar-refractivity contribution in [1.82, 2.24) is 5.32 Å². The second-order valence-corrected chi connectivity index (χ2v) is 11.9. The normalized spacial score (nSPS) is 19.5. The average molecular weight is 586 g/mol. The van der Waals surface area contributed by atoms with Crippen LogP contribution in [0.15, 0.2) is 60.7 Å². The van der Waals surface area contributed by atoms with Crippen molar-refractivity contribution in [2.75, 3.05) is 59.4 Å². The summed E-state index contributed by atoms with van der Waals surface area (Å²) in [6.07, 6.45) is 2.58. The second-order valence-electron chi connectivity index (χ2n) is 11.9. The zero-order valence-electron chi connectivity index (χ0n) is 25.3. The second kappa shape index (κ2) is 17.6. The zero-order chi connectivity index (χ0) is 30.1. The van der Waals surface area contributed by atoms with E-state index in [1.807, 2.05) is 60.7 Å². The number of hydrogen-bond acceptors (Lipinski definition) is 8. The molecule has 42 heavy (non-hydrogen) atoms. The van der Waals surface area contributed by atoms with Gasteiger partial charge in [-0.3, -0.25) is 4.79 Å². The maximum absolute atomic E-state index is 12.5. The number of carbonyl (C=O) groups excluding carboxylic acids is 2. The highest BCUT2D eigenvalue weighted by molar-refractivity contribution is 5.69. The molecule has 1 aliphatic rings. The van der Waals surface area contributed by atoms with Crippen molar-refractivity contribution in [2.45, 2.75) is 46.5 Å². The minimum atomic E-state index is -0.464. The van der Waals surface area contributed by atoms with Crippen LogP contribution in [-0.2, 0) is 23.7 Å². The van der Waals surface area contributed by atoms with Gasteiger partial charge in [0.05, 0.1) is 26.4 Å². The molecule has 1 aliphatic carbocycles. The van der Waals surface area contributed by atoms with E-state index in [0.717, 1.165) is 30.8 Å². The molecule has 2 unspecified atom stereocenters. The molecule has 9 nitrogen and oxygen atoms in total. The minimum Gasteiger partial charge on any atom is -0.491 e. The predicted molar refractivity (Wildman–Crippen MR) is 160 cm³/mol. The molecule has 3 rings (SSSR count). The fourth-order valence-corrected chi connectivity index (χ4v) is 5.84. The van der Waals surface area contributed by atoms with Crippen molar-refractivity contribution in [3.63, 3.8) is 0 Å². The number of nitrogens with one attached hydrogen (secondary N) is 1.